The molecule has 1 aliphatic rings. The van der Waals surface area contributed by atoms with E-state index in [1.807, 2.05) is 0 Å². The summed E-state index contributed by atoms with van der Waals surface area (Å²) in [6.45, 7) is 8.59. The molecule has 1 aromatic heterocycles. The van der Waals surface area contributed by atoms with Gasteiger partial charge in [0.2, 0.25) is 5.95 Å². The Kier molecular flexibility index (Phi) is 4.58. The van der Waals surface area contributed by atoms with Gasteiger partial charge in [0.05, 0.1) is 0 Å². The predicted molar refractivity (Wildman–Crippen MR) is 73.9 cm³/mol. The number of aromatic amines is 1. The Hall–Kier alpha value is -1.10. The number of rotatable bonds is 5. The van der Waals surface area contributed by atoms with Crippen molar-refractivity contribution in [1.82, 2.24) is 20.5 Å². The number of aryl methyl sites for hydroxylation is 1. The summed E-state index contributed by atoms with van der Waals surface area (Å²) in [5.74, 6) is 1.89. The first-order chi connectivity index (χ1) is 8.69. The molecule has 18 heavy (non-hydrogen) atoms. The number of H-pyrrole nitrogens is 1. The van der Waals surface area contributed by atoms with E-state index < -0.39 is 0 Å². The van der Waals surface area contributed by atoms with Crippen LogP contribution in [0.25, 0.3) is 0 Å². The first kappa shape index (κ1) is 13.3. The van der Waals surface area contributed by atoms with Crippen LogP contribution in [0.15, 0.2) is 0 Å². The van der Waals surface area contributed by atoms with Gasteiger partial charge >= 0.3 is 0 Å². The zero-order valence-electron chi connectivity index (χ0n) is 11.7. The Labute approximate surface area is 109 Å². The highest BCUT2D eigenvalue weighted by Crippen LogP contribution is 2.13. The van der Waals surface area contributed by atoms with E-state index in [0.29, 0.717) is 12.1 Å². The summed E-state index contributed by atoms with van der Waals surface area (Å²) in [7, 11) is 0. The van der Waals surface area contributed by atoms with Crippen LogP contribution in [0.3, 0.4) is 0 Å². The Morgan fingerprint density at radius 1 is 1.22 bits per heavy atom. The van der Waals surface area contributed by atoms with Crippen LogP contribution >= 0.6 is 0 Å². The average Bonchev–Trinajstić information content (AvgIpc) is 2.77. The fourth-order valence-electron chi connectivity index (χ4n) is 2.57. The fourth-order valence-corrected chi connectivity index (χ4v) is 2.57. The molecule has 1 aliphatic heterocycles. The number of piperazine rings is 1. The molecule has 102 valence electrons. The summed E-state index contributed by atoms with van der Waals surface area (Å²) < 4.78 is 0. The van der Waals surface area contributed by atoms with Crippen LogP contribution in [-0.4, -0.2) is 40.4 Å². The smallest absolute Gasteiger partial charge is 0.244 e. The number of aromatic nitrogens is 3. The average molecular weight is 251 g/mol. The quantitative estimate of drug-likeness (QED) is 0.782. The molecule has 2 atom stereocenters. The minimum absolute atomic E-state index is 0.496. The Morgan fingerprint density at radius 3 is 2.61 bits per heavy atom. The minimum Gasteiger partial charge on any atom is -0.336 e. The Balaban J connectivity index is 1.92. The highest BCUT2D eigenvalue weighted by atomic mass is 15.4. The SMILES string of the molecule is CCCCCc1nc(N2CC(C)NC(C)C2)n[nH]1. The second-order valence-corrected chi connectivity index (χ2v) is 5.41. The standard InChI is InChI=1S/C13H25N5/c1-4-5-6-7-12-15-13(17-16-12)18-8-10(2)14-11(3)9-18/h10-11,14H,4-9H2,1-3H3,(H,15,16,17). The third-order valence-corrected chi connectivity index (χ3v) is 3.38. The molecule has 2 N–H and O–H groups in total. The summed E-state index contributed by atoms with van der Waals surface area (Å²) in [5, 5.41) is 10.9. The number of unbranched alkanes of at least 4 members (excludes halogenated alkanes) is 2. The van der Waals surface area contributed by atoms with Gasteiger partial charge in [0.25, 0.3) is 0 Å². The van der Waals surface area contributed by atoms with Gasteiger partial charge in [-0.15, -0.1) is 5.10 Å². The first-order valence-corrected chi connectivity index (χ1v) is 7.11. The third-order valence-electron chi connectivity index (χ3n) is 3.38. The third kappa shape index (κ3) is 3.45. The van der Waals surface area contributed by atoms with Crippen LogP contribution in [-0.2, 0) is 6.42 Å². The van der Waals surface area contributed by atoms with Crippen molar-refractivity contribution in [3.05, 3.63) is 5.82 Å². The number of nitrogens with one attached hydrogen (secondary N) is 2. The van der Waals surface area contributed by atoms with Crippen LogP contribution in [0, 0.1) is 0 Å². The van der Waals surface area contributed by atoms with Crippen LogP contribution in [0.2, 0.25) is 0 Å². The van der Waals surface area contributed by atoms with Gasteiger partial charge in [0, 0.05) is 31.6 Å². The van der Waals surface area contributed by atoms with Crippen molar-refractivity contribution in [2.45, 2.75) is 58.5 Å². The van der Waals surface area contributed by atoms with Gasteiger partial charge in [-0.05, 0) is 20.3 Å². The molecule has 0 spiro atoms. The first-order valence-electron chi connectivity index (χ1n) is 7.11. The second-order valence-electron chi connectivity index (χ2n) is 5.41. The minimum atomic E-state index is 0.496. The van der Waals surface area contributed by atoms with Crippen LogP contribution in [0.4, 0.5) is 5.95 Å². The van der Waals surface area contributed by atoms with Gasteiger partial charge in [-0.1, -0.05) is 19.8 Å². The normalized spacial score (nSPS) is 24.5. The van der Waals surface area contributed by atoms with Gasteiger partial charge in [-0.3, -0.25) is 5.10 Å². The van der Waals surface area contributed by atoms with Crippen molar-refractivity contribution < 1.29 is 0 Å². The molecule has 1 fully saturated rings. The highest BCUT2D eigenvalue weighted by Gasteiger charge is 2.23. The molecule has 0 aromatic carbocycles. The van der Waals surface area contributed by atoms with Gasteiger partial charge in [0.15, 0.2) is 0 Å². The number of nitrogens with zero attached hydrogens (tertiary/aromatic N) is 3. The van der Waals surface area contributed by atoms with E-state index in [9.17, 15) is 0 Å². The molecule has 0 radical (unpaired) electrons. The summed E-state index contributed by atoms with van der Waals surface area (Å²) in [6.07, 6.45) is 4.71. The van der Waals surface area contributed by atoms with Crippen molar-refractivity contribution in [3.8, 4) is 0 Å². The maximum atomic E-state index is 4.61. The molecule has 2 rings (SSSR count). The molecule has 0 bridgehead atoms. The summed E-state index contributed by atoms with van der Waals surface area (Å²) in [4.78, 5) is 6.88. The summed E-state index contributed by atoms with van der Waals surface area (Å²) in [6, 6.07) is 0.992. The largest absolute Gasteiger partial charge is 0.336 e. The maximum absolute atomic E-state index is 4.61. The lowest BCUT2D eigenvalue weighted by atomic mass is 10.1. The summed E-state index contributed by atoms with van der Waals surface area (Å²) in [5.41, 5.74) is 0. The molecule has 0 amide bonds. The molecule has 2 heterocycles. The van der Waals surface area contributed by atoms with Gasteiger partial charge in [-0.25, -0.2) is 0 Å². The predicted octanol–water partition coefficient (Wildman–Crippen LogP) is 1.72. The van der Waals surface area contributed by atoms with Gasteiger partial charge < -0.3 is 10.2 Å². The van der Waals surface area contributed by atoms with Crippen molar-refractivity contribution >= 4 is 5.95 Å². The molecular weight excluding hydrogens is 226 g/mol. The van der Waals surface area contributed by atoms with Crippen molar-refractivity contribution in [2.75, 3.05) is 18.0 Å². The second kappa shape index (κ2) is 6.18. The highest BCUT2D eigenvalue weighted by molar-refractivity contribution is 5.30. The zero-order valence-corrected chi connectivity index (χ0v) is 11.7. The van der Waals surface area contributed by atoms with Gasteiger partial charge in [-0.2, -0.15) is 4.98 Å². The van der Waals surface area contributed by atoms with E-state index in [0.717, 1.165) is 31.3 Å². The van der Waals surface area contributed by atoms with E-state index in [1.165, 1.54) is 19.3 Å². The Bertz CT molecular complexity index is 352. The topological polar surface area (TPSA) is 56.8 Å². The van der Waals surface area contributed by atoms with Crippen LogP contribution in [0.1, 0.15) is 45.9 Å². The molecule has 0 aliphatic carbocycles. The molecular formula is C13H25N5. The number of hydrogen-bond acceptors (Lipinski definition) is 4. The molecule has 5 nitrogen and oxygen atoms in total. The maximum Gasteiger partial charge on any atom is 0.244 e. The van der Waals surface area contributed by atoms with Crippen molar-refractivity contribution in [3.63, 3.8) is 0 Å². The number of hydrogen-bond donors (Lipinski definition) is 2. The lowest BCUT2D eigenvalue weighted by molar-refractivity contribution is 0.403. The lowest BCUT2D eigenvalue weighted by Gasteiger charge is -2.35. The Morgan fingerprint density at radius 2 is 1.94 bits per heavy atom. The zero-order chi connectivity index (χ0) is 13.0. The monoisotopic (exact) mass is 251 g/mol. The van der Waals surface area contributed by atoms with E-state index in [1.54, 1.807) is 0 Å². The van der Waals surface area contributed by atoms with E-state index >= 15 is 0 Å². The lowest BCUT2D eigenvalue weighted by Crippen LogP contribution is -2.54. The molecule has 0 saturated carbocycles. The van der Waals surface area contributed by atoms with E-state index in [4.69, 9.17) is 0 Å². The molecule has 5 heteroatoms. The molecule has 1 saturated heterocycles. The van der Waals surface area contributed by atoms with E-state index in [-0.39, 0.29) is 0 Å². The van der Waals surface area contributed by atoms with Gasteiger partial charge in [0.1, 0.15) is 5.82 Å². The van der Waals surface area contributed by atoms with E-state index in [2.05, 4.69) is 46.2 Å². The molecule has 2 unspecified atom stereocenters. The van der Waals surface area contributed by atoms with Crippen molar-refractivity contribution in [2.24, 2.45) is 0 Å². The van der Waals surface area contributed by atoms with Crippen LogP contribution < -0.4 is 10.2 Å². The number of anilines is 1. The van der Waals surface area contributed by atoms with Crippen molar-refractivity contribution in [1.29, 1.82) is 0 Å². The summed E-state index contributed by atoms with van der Waals surface area (Å²) >= 11 is 0. The fraction of sp³-hybridized carbons (Fsp3) is 0.846. The molecule has 1 aromatic rings. The van der Waals surface area contributed by atoms with Crippen LogP contribution in [0.5, 0.6) is 0 Å².